The number of anilines is 2. The second-order valence-corrected chi connectivity index (χ2v) is 11.5. The number of rotatable bonds is 6. The van der Waals surface area contributed by atoms with Crippen LogP contribution < -0.4 is 20.1 Å². The lowest BCUT2D eigenvalue weighted by Gasteiger charge is -2.12. The van der Waals surface area contributed by atoms with E-state index in [4.69, 9.17) is 28.6 Å². The Morgan fingerprint density at radius 1 is 0.972 bits per heavy atom. The van der Waals surface area contributed by atoms with Crippen LogP contribution in [0.15, 0.2) is 65.6 Å². The van der Waals surface area contributed by atoms with Crippen molar-refractivity contribution in [2.75, 3.05) is 17.1 Å². The molecule has 0 unspecified atom stereocenters. The van der Waals surface area contributed by atoms with Crippen LogP contribution in [0.4, 0.5) is 11.4 Å². The molecule has 0 radical (unpaired) electrons. The zero-order valence-corrected chi connectivity index (χ0v) is 22.7. The number of amides is 1. The lowest BCUT2D eigenvalue weighted by molar-refractivity contribution is 0.0982. The number of nitrogens with one attached hydrogen (secondary N) is 3. The SMILES string of the molecule is COc1ccc2c(Cl)c(C(=O)NC(=S)Nc3ccc(S(=O)(=O)Nc4cc(C)cc(C)c4)cc3)sc2c1. The minimum absolute atomic E-state index is 0.0510. The molecule has 0 bridgehead atoms. The van der Waals surface area contributed by atoms with Crippen LogP contribution in [-0.2, 0) is 10.0 Å². The second-order valence-electron chi connectivity index (χ2n) is 8.02. The Labute approximate surface area is 223 Å². The van der Waals surface area contributed by atoms with Crippen molar-refractivity contribution in [3.63, 3.8) is 0 Å². The molecule has 3 aromatic carbocycles. The molecule has 3 N–H and O–H groups in total. The number of ether oxygens (including phenoxy) is 1. The van der Waals surface area contributed by atoms with Gasteiger partial charge >= 0.3 is 0 Å². The standard InChI is InChI=1S/C25H22ClN3O4S3/c1-14-10-15(2)12-17(11-14)29-36(31,32)19-7-4-16(5-8-19)27-25(34)28-24(30)23-22(26)20-9-6-18(33-3)13-21(20)35-23/h4-13,29H,1-3H3,(H2,27,28,30,34). The number of benzene rings is 3. The molecule has 1 aromatic heterocycles. The zero-order valence-electron chi connectivity index (χ0n) is 19.5. The summed E-state index contributed by atoms with van der Waals surface area (Å²) < 4.78 is 34.2. The van der Waals surface area contributed by atoms with Gasteiger partial charge < -0.3 is 10.1 Å². The number of methoxy groups -OCH3 is 1. The van der Waals surface area contributed by atoms with E-state index in [2.05, 4.69) is 15.4 Å². The molecule has 0 spiro atoms. The van der Waals surface area contributed by atoms with Crippen molar-refractivity contribution in [2.24, 2.45) is 0 Å². The highest BCUT2D eigenvalue weighted by Crippen LogP contribution is 2.37. The van der Waals surface area contributed by atoms with Gasteiger partial charge in [0.05, 0.1) is 17.0 Å². The smallest absolute Gasteiger partial charge is 0.269 e. The molecule has 0 atom stereocenters. The quantitative estimate of drug-likeness (QED) is 0.247. The molecule has 0 saturated carbocycles. The van der Waals surface area contributed by atoms with E-state index in [9.17, 15) is 13.2 Å². The Bertz CT molecular complexity index is 1560. The number of thiophene rings is 1. The van der Waals surface area contributed by atoms with Crippen molar-refractivity contribution in [3.8, 4) is 5.75 Å². The topological polar surface area (TPSA) is 96.5 Å². The second kappa shape index (κ2) is 10.4. The predicted molar refractivity (Wildman–Crippen MR) is 150 cm³/mol. The highest BCUT2D eigenvalue weighted by Gasteiger charge is 2.19. The highest BCUT2D eigenvalue weighted by molar-refractivity contribution is 7.92. The first-order valence-electron chi connectivity index (χ1n) is 10.7. The van der Waals surface area contributed by atoms with Gasteiger partial charge in [-0.25, -0.2) is 8.42 Å². The number of thiocarbonyl (C=S) groups is 1. The Morgan fingerprint density at radius 2 is 1.64 bits per heavy atom. The molecule has 0 saturated heterocycles. The average Bonchev–Trinajstić information content (AvgIpc) is 3.14. The summed E-state index contributed by atoms with van der Waals surface area (Å²) >= 11 is 12.9. The normalized spacial score (nSPS) is 11.2. The maximum Gasteiger partial charge on any atom is 0.269 e. The van der Waals surface area contributed by atoms with Gasteiger partial charge in [0.15, 0.2) is 5.11 Å². The first-order valence-corrected chi connectivity index (χ1v) is 13.7. The molecule has 4 rings (SSSR count). The van der Waals surface area contributed by atoms with Gasteiger partial charge in [0, 0.05) is 21.5 Å². The van der Waals surface area contributed by atoms with Crippen molar-refractivity contribution in [1.82, 2.24) is 5.32 Å². The Morgan fingerprint density at radius 3 is 2.28 bits per heavy atom. The van der Waals surface area contributed by atoms with Crippen LogP contribution in [0.5, 0.6) is 5.75 Å². The Hall–Kier alpha value is -3.18. The molecule has 36 heavy (non-hydrogen) atoms. The molecule has 0 aliphatic heterocycles. The van der Waals surface area contributed by atoms with E-state index in [0.29, 0.717) is 27.0 Å². The van der Waals surface area contributed by atoms with E-state index in [-0.39, 0.29) is 10.0 Å². The van der Waals surface area contributed by atoms with Gasteiger partial charge in [-0.15, -0.1) is 11.3 Å². The van der Waals surface area contributed by atoms with Crippen molar-refractivity contribution < 1.29 is 17.9 Å². The number of sulfonamides is 1. The Balaban J connectivity index is 1.42. The van der Waals surface area contributed by atoms with Crippen LogP contribution in [0, 0.1) is 13.8 Å². The van der Waals surface area contributed by atoms with E-state index in [0.717, 1.165) is 21.2 Å². The van der Waals surface area contributed by atoms with E-state index in [1.54, 1.807) is 43.5 Å². The highest BCUT2D eigenvalue weighted by atomic mass is 35.5. The van der Waals surface area contributed by atoms with Crippen LogP contribution in [0.1, 0.15) is 20.8 Å². The minimum Gasteiger partial charge on any atom is -0.497 e. The zero-order chi connectivity index (χ0) is 26.0. The van der Waals surface area contributed by atoms with Crippen LogP contribution in [0.3, 0.4) is 0 Å². The number of hydrogen-bond acceptors (Lipinski definition) is 6. The summed E-state index contributed by atoms with van der Waals surface area (Å²) in [5.74, 6) is 0.216. The molecule has 4 aromatic rings. The molecule has 1 amide bonds. The van der Waals surface area contributed by atoms with Gasteiger partial charge in [0.2, 0.25) is 0 Å². The first-order chi connectivity index (χ1) is 17.1. The van der Waals surface area contributed by atoms with Gasteiger partial charge in [-0.1, -0.05) is 17.7 Å². The van der Waals surface area contributed by atoms with Crippen LogP contribution in [0.25, 0.3) is 10.1 Å². The Kier molecular flexibility index (Phi) is 7.51. The average molecular weight is 560 g/mol. The van der Waals surface area contributed by atoms with Crippen LogP contribution >= 0.6 is 35.2 Å². The summed E-state index contributed by atoms with van der Waals surface area (Å²) in [6.07, 6.45) is 0. The molecule has 0 aliphatic rings. The summed E-state index contributed by atoms with van der Waals surface area (Å²) in [4.78, 5) is 13.2. The first kappa shape index (κ1) is 25.9. The third-order valence-electron chi connectivity index (χ3n) is 5.17. The molecule has 0 aliphatic carbocycles. The monoisotopic (exact) mass is 559 g/mol. The fraction of sp³-hybridized carbons (Fsp3) is 0.120. The van der Waals surface area contributed by atoms with Crippen molar-refractivity contribution >= 4 is 77.7 Å². The molecular formula is C25H22ClN3O4S3. The number of hydrogen-bond donors (Lipinski definition) is 3. The number of fused-ring (bicyclic) bond motifs is 1. The van der Waals surface area contributed by atoms with E-state index in [1.165, 1.54) is 23.5 Å². The van der Waals surface area contributed by atoms with Crippen molar-refractivity contribution in [2.45, 2.75) is 18.7 Å². The van der Waals surface area contributed by atoms with E-state index in [1.807, 2.05) is 26.0 Å². The molecule has 7 nitrogen and oxygen atoms in total. The van der Waals surface area contributed by atoms with Crippen LogP contribution in [-0.4, -0.2) is 26.5 Å². The molecule has 11 heteroatoms. The lowest BCUT2D eigenvalue weighted by Crippen LogP contribution is -2.33. The number of aryl methyl sites for hydroxylation is 2. The van der Waals surface area contributed by atoms with E-state index < -0.39 is 15.9 Å². The van der Waals surface area contributed by atoms with Crippen LogP contribution in [0.2, 0.25) is 5.02 Å². The molecular weight excluding hydrogens is 538 g/mol. The van der Waals surface area contributed by atoms with Gasteiger partial charge in [-0.05, 0) is 91.8 Å². The van der Waals surface area contributed by atoms with Crippen molar-refractivity contribution in [3.05, 3.63) is 81.7 Å². The summed E-state index contributed by atoms with van der Waals surface area (Å²) in [7, 11) is -2.21. The maximum atomic E-state index is 12.8. The molecule has 186 valence electrons. The molecule has 1 heterocycles. The number of carbonyl (C=O) groups excluding carboxylic acids is 1. The predicted octanol–water partition coefficient (Wildman–Crippen LogP) is 6.11. The van der Waals surface area contributed by atoms with Crippen molar-refractivity contribution in [1.29, 1.82) is 0 Å². The lowest BCUT2D eigenvalue weighted by atomic mass is 10.1. The maximum absolute atomic E-state index is 12.8. The van der Waals surface area contributed by atoms with Gasteiger partial charge in [0.25, 0.3) is 15.9 Å². The van der Waals surface area contributed by atoms with Gasteiger partial charge in [-0.3, -0.25) is 14.8 Å². The summed E-state index contributed by atoms with van der Waals surface area (Å²) in [5.41, 5.74) is 2.92. The minimum atomic E-state index is -3.77. The largest absolute Gasteiger partial charge is 0.497 e. The fourth-order valence-corrected chi connectivity index (χ4v) is 6.30. The summed E-state index contributed by atoms with van der Waals surface area (Å²) in [5, 5.41) is 6.63. The third-order valence-corrected chi connectivity index (χ3v) is 8.42. The van der Waals surface area contributed by atoms with Gasteiger partial charge in [-0.2, -0.15) is 0 Å². The molecule has 0 fully saturated rings. The third kappa shape index (κ3) is 5.79. The van der Waals surface area contributed by atoms with Gasteiger partial charge in [0.1, 0.15) is 10.6 Å². The summed E-state index contributed by atoms with van der Waals surface area (Å²) in [6.45, 7) is 3.80. The number of halogens is 1. The summed E-state index contributed by atoms with van der Waals surface area (Å²) in [6, 6.07) is 16.9. The van der Waals surface area contributed by atoms with E-state index >= 15 is 0 Å². The number of carbonyl (C=O) groups is 1. The fourth-order valence-electron chi connectivity index (χ4n) is 3.61.